The zero-order chi connectivity index (χ0) is 13.5. The molecule has 0 unspecified atom stereocenters. The molecule has 1 N–H and O–H groups in total. The Bertz CT molecular complexity index is 389. The Balaban J connectivity index is 2.11. The van der Waals surface area contributed by atoms with Gasteiger partial charge in [0.05, 0.1) is 18.9 Å². The quantitative estimate of drug-likeness (QED) is 0.858. The van der Waals surface area contributed by atoms with Crippen molar-refractivity contribution >= 4 is 5.69 Å². The Morgan fingerprint density at radius 1 is 1.16 bits per heavy atom. The van der Waals surface area contributed by atoms with Crippen LogP contribution < -0.4 is 14.8 Å². The summed E-state index contributed by atoms with van der Waals surface area (Å²) in [5, 5.41) is 3.55. The lowest BCUT2D eigenvalue weighted by Gasteiger charge is -2.25. The predicted octanol–water partition coefficient (Wildman–Crippen LogP) is 3.07. The van der Waals surface area contributed by atoms with Gasteiger partial charge in [0.1, 0.15) is 11.5 Å². The van der Waals surface area contributed by atoms with E-state index in [4.69, 9.17) is 14.2 Å². The third-order valence-corrected chi connectivity index (χ3v) is 3.14. The van der Waals surface area contributed by atoms with Gasteiger partial charge in [-0.25, -0.2) is 0 Å². The Kier molecular flexibility index (Phi) is 5.33. The first-order valence-corrected chi connectivity index (χ1v) is 7.07. The van der Waals surface area contributed by atoms with Crippen LogP contribution in [0.15, 0.2) is 18.2 Å². The molecule has 0 bridgehead atoms. The number of nitrogens with one attached hydrogen (secondary N) is 1. The van der Waals surface area contributed by atoms with Gasteiger partial charge in [-0.05, 0) is 38.8 Å². The van der Waals surface area contributed by atoms with Crippen LogP contribution in [0.1, 0.15) is 26.7 Å². The van der Waals surface area contributed by atoms with E-state index in [9.17, 15) is 0 Å². The van der Waals surface area contributed by atoms with Crippen molar-refractivity contribution in [2.45, 2.75) is 32.7 Å². The molecule has 0 spiro atoms. The van der Waals surface area contributed by atoms with Gasteiger partial charge in [0.25, 0.3) is 0 Å². The lowest BCUT2D eigenvalue weighted by Crippen LogP contribution is -2.28. The number of hydrogen-bond acceptors (Lipinski definition) is 4. The van der Waals surface area contributed by atoms with Gasteiger partial charge in [-0.15, -0.1) is 0 Å². The second-order valence-electron chi connectivity index (χ2n) is 4.55. The SMILES string of the molecule is CCOc1ccc(OCC)c(NC2CCOCC2)c1. The van der Waals surface area contributed by atoms with Crippen LogP contribution in [0.3, 0.4) is 0 Å². The lowest BCUT2D eigenvalue weighted by atomic mass is 10.1. The van der Waals surface area contributed by atoms with Gasteiger partial charge in [0.2, 0.25) is 0 Å². The van der Waals surface area contributed by atoms with Crippen LogP contribution in [-0.4, -0.2) is 32.5 Å². The summed E-state index contributed by atoms with van der Waals surface area (Å²) in [7, 11) is 0. The van der Waals surface area contributed by atoms with Crippen LogP contribution >= 0.6 is 0 Å². The molecule has 4 heteroatoms. The fourth-order valence-corrected chi connectivity index (χ4v) is 2.22. The normalized spacial score (nSPS) is 16.1. The van der Waals surface area contributed by atoms with E-state index in [0.717, 1.165) is 43.2 Å². The van der Waals surface area contributed by atoms with Crippen molar-refractivity contribution in [3.05, 3.63) is 18.2 Å². The van der Waals surface area contributed by atoms with Gasteiger partial charge >= 0.3 is 0 Å². The summed E-state index contributed by atoms with van der Waals surface area (Å²) < 4.78 is 16.6. The van der Waals surface area contributed by atoms with E-state index in [1.165, 1.54) is 0 Å². The minimum absolute atomic E-state index is 0.449. The number of rotatable bonds is 6. The Hall–Kier alpha value is -1.42. The van der Waals surface area contributed by atoms with Crippen molar-refractivity contribution in [1.29, 1.82) is 0 Å². The zero-order valence-electron chi connectivity index (χ0n) is 11.8. The van der Waals surface area contributed by atoms with Crippen molar-refractivity contribution in [3.8, 4) is 11.5 Å². The molecule has 0 aliphatic carbocycles. The molecule has 1 aromatic rings. The summed E-state index contributed by atoms with van der Waals surface area (Å²) >= 11 is 0. The van der Waals surface area contributed by atoms with Crippen LogP contribution in [0.5, 0.6) is 11.5 Å². The maximum Gasteiger partial charge on any atom is 0.142 e. The first-order valence-electron chi connectivity index (χ1n) is 7.07. The summed E-state index contributed by atoms with van der Waals surface area (Å²) in [5.74, 6) is 1.76. The maximum absolute atomic E-state index is 5.66. The molecule has 0 atom stereocenters. The number of hydrogen-bond donors (Lipinski definition) is 1. The van der Waals surface area contributed by atoms with E-state index >= 15 is 0 Å². The van der Waals surface area contributed by atoms with E-state index in [0.29, 0.717) is 19.3 Å². The second kappa shape index (κ2) is 7.24. The molecule has 106 valence electrons. The largest absolute Gasteiger partial charge is 0.494 e. The maximum atomic E-state index is 5.66. The van der Waals surface area contributed by atoms with Crippen LogP contribution in [0.2, 0.25) is 0 Å². The van der Waals surface area contributed by atoms with Gasteiger partial charge in [-0.1, -0.05) is 0 Å². The first-order chi connectivity index (χ1) is 9.33. The van der Waals surface area contributed by atoms with E-state index in [1.807, 2.05) is 32.0 Å². The van der Waals surface area contributed by atoms with E-state index in [2.05, 4.69) is 5.32 Å². The second-order valence-corrected chi connectivity index (χ2v) is 4.55. The van der Waals surface area contributed by atoms with Crippen molar-refractivity contribution in [2.75, 3.05) is 31.7 Å². The highest BCUT2D eigenvalue weighted by atomic mass is 16.5. The molecule has 19 heavy (non-hydrogen) atoms. The molecule has 0 aromatic heterocycles. The molecule has 0 radical (unpaired) electrons. The minimum Gasteiger partial charge on any atom is -0.494 e. The van der Waals surface area contributed by atoms with Crippen LogP contribution in [0.25, 0.3) is 0 Å². The first kappa shape index (κ1) is 14.0. The molecular weight excluding hydrogens is 242 g/mol. The van der Waals surface area contributed by atoms with Crippen molar-refractivity contribution < 1.29 is 14.2 Å². The third kappa shape index (κ3) is 4.03. The van der Waals surface area contributed by atoms with Crippen molar-refractivity contribution in [2.24, 2.45) is 0 Å². The molecule has 1 aliphatic rings. The predicted molar refractivity (Wildman–Crippen MR) is 76.2 cm³/mol. The highest BCUT2D eigenvalue weighted by Crippen LogP contribution is 2.31. The number of benzene rings is 1. The topological polar surface area (TPSA) is 39.7 Å². The Labute approximate surface area is 115 Å². The molecule has 1 heterocycles. The van der Waals surface area contributed by atoms with E-state index in [-0.39, 0.29) is 0 Å². The summed E-state index contributed by atoms with van der Waals surface area (Å²) in [6, 6.07) is 6.38. The Morgan fingerprint density at radius 2 is 1.89 bits per heavy atom. The van der Waals surface area contributed by atoms with E-state index in [1.54, 1.807) is 0 Å². The molecular formula is C15H23NO3. The summed E-state index contributed by atoms with van der Waals surface area (Å²) in [6.07, 6.45) is 2.06. The average molecular weight is 265 g/mol. The highest BCUT2D eigenvalue weighted by Gasteiger charge is 2.15. The molecule has 0 saturated carbocycles. The molecule has 2 rings (SSSR count). The fraction of sp³-hybridized carbons (Fsp3) is 0.600. The zero-order valence-corrected chi connectivity index (χ0v) is 11.8. The molecule has 0 amide bonds. The lowest BCUT2D eigenvalue weighted by molar-refractivity contribution is 0.0904. The smallest absolute Gasteiger partial charge is 0.142 e. The number of ether oxygens (including phenoxy) is 3. The van der Waals surface area contributed by atoms with Crippen LogP contribution in [0.4, 0.5) is 5.69 Å². The third-order valence-electron chi connectivity index (χ3n) is 3.14. The highest BCUT2D eigenvalue weighted by molar-refractivity contribution is 5.60. The van der Waals surface area contributed by atoms with Gasteiger partial charge in [-0.3, -0.25) is 0 Å². The van der Waals surface area contributed by atoms with Crippen molar-refractivity contribution in [3.63, 3.8) is 0 Å². The summed E-state index contributed by atoms with van der Waals surface area (Å²) in [5.41, 5.74) is 1.01. The van der Waals surface area contributed by atoms with Gasteiger partial charge in [0, 0.05) is 25.3 Å². The fourth-order valence-electron chi connectivity index (χ4n) is 2.22. The van der Waals surface area contributed by atoms with E-state index < -0.39 is 0 Å². The Morgan fingerprint density at radius 3 is 2.58 bits per heavy atom. The summed E-state index contributed by atoms with van der Waals surface area (Å²) in [4.78, 5) is 0. The van der Waals surface area contributed by atoms with Crippen LogP contribution in [-0.2, 0) is 4.74 Å². The summed E-state index contributed by atoms with van der Waals surface area (Å²) in [6.45, 7) is 6.97. The van der Waals surface area contributed by atoms with Crippen LogP contribution in [0, 0.1) is 0 Å². The molecule has 1 aromatic carbocycles. The van der Waals surface area contributed by atoms with Gasteiger partial charge < -0.3 is 19.5 Å². The molecule has 1 aliphatic heterocycles. The van der Waals surface area contributed by atoms with Gasteiger partial charge in [0.15, 0.2) is 0 Å². The van der Waals surface area contributed by atoms with Crippen molar-refractivity contribution in [1.82, 2.24) is 0 Å². The molecule has 1 fully saturated rings. The minimum atomic E-state index is 0.449. The number of anilines is 1. The van der Waals surface area contributed by atoms with Gasteiger partial charge in [-0.2, -0.15) is 0 Å². The average Bonchev–Trinajstić information content (AvgIpc) is 2.43. The molecule has 1 saturated heterocycles. The standard InChI is InChI=1S/C15H23NO3/c1-3-18-13-5-6-15(19-4-2)14(11-13)16-12-7-9-17-10-8-12/h5-6,11-12,16H,3-4,7-10H2,1-2H3. The monoisotopic (exact) mass is 265 g/mol. The molecule has 4 nitrogen and oxygen atoms in total.